The van der Waals surface area contributed by atoms with Crippen molar-refractivity contribution < 1.29 is 9.53 Å². The van der Waals surface area contributed by atoms with Crippen molar-refractivity contribution in [2.75, 3.05) is 13.1 Å². The molecule has 3 aromatic heterocycles. The van der Waals surface area contributed by atoms with E-state index < -0.39 is 0 Å². The molecule has 7 nitrogen and oxygen atoms in total. The molecular weight excluding hydrogens is 354 g/mol. The second-order valence-corrected chi connectivity index (χ2v) is 6.66. The summed E-state index contributed by atoms with van der Waals surface area (Å²) in [5, 5.41) is 0. The number of carbonyl (C=O) groups excluding carboxylic acids is 1. The van der Waals surface area contributed by atoms with Gasteiger partial charge < -0.3 is 9.64 Å². The molecular formula is C21H21N5O2. The van der Waals surface area contributed by atoms with Gasteiger partial charge in [0, 0.05) is 49.6 Å². The minimum Gasteiger partial charge on any atom is -0.372 e. The van der Waals surface area contributed by atoms with E-state index in [1.165, 1.54) is 0 Å². The van der Waals surface area contributed by atoms with Gasteiger partial charge in [-0.3, -0.25) is 14.8 Å². The average molecular weight is 375 g/mol. The third-order valence-electron chi connectivity index (χ3n) is 4.74. The summed E-state index contributed by atoms with van der Waals surface area (Å²) >= 11 is 0. The van der Waals surface area contributed by atoms with Gasteiger partial charge in [0.25, 0.3) is 5.91 Å². The third-order valence-corrected chi connectivity index (χ3v) is 4.74. The molecule has 1 amide bonds. The fourth-order valence-electron chi connectivity index (χ4n) is 3.18. The second-order valence-electron chi connectivity index (χ2n) is 6.66. The first-order valence-electron chi connectivity index (χ1n) is 9.33. The van der Waals surface area contributed by atoms with Crippen LogP contribution in [0.1, 0.15) is 28.9 Å². The maximum absolute atomic E-state index is 12.7. The van der Waals surface area contributed by atoms with Crippen LogP contribution in [0, 0.1) is 0 Å². The van der Waals surface area contributed by atoms with Crippen LogP contribution in [-0.2, 0) is 11.3 Å². The van der Waals surface area contributed by atoms with E-state index in [1.807, 2.05) is 35.2 Å². The minimum atomic E-state index is -0.0408. The van der Waals surface area contributed by atoms with Crippen molar-refractivity contribution in [2.45, 2.75) is 25.6 Å². The van der Waals surface area contributed by atoms with E-state index in [1.54, 1.807) is 31.0 Å². The Balaban J connectivity index is 1.30. The van der Waals surface area contributed by atoms with Crippen LogP contribution in [0.25, 0.3) is 11.4 Å². The SMILES string of the molecule is O=C(c1cnc(-c2cccnc2)nc1)N1CCC(OCc2ccccn2)CC1. The largest absolute Gasteiger partial charge is 0.372 e. The highest BCUT2D eigenvalue weighted by molar-refractivity contribution is 5.93. The molecule has 28 heavy (non-hydrogen) atoms. The maximum atomic E-state index is 12.7. The molecule has 0 saturated carbocycles. The van der Waals surface area contributed by atoms with Gasteiger partial charge in [-0.2, -0.15) is 0 Å². The van der Waals surface area contributed by atoms with E-state index in [-0.39, 0.29) is 12.0 Å². The minimum absolute atomic E-state index is 0.0408. The quantitative estimate of drug-likeness (QED) is 0.682. The number of piperidine rings is 1. The lowest BCUT2D eigenvalue weighted by Crippen LogP contribution is -2.41. The number of likely N-dealkylation sites (tertiary alicyclic amines) is 1. The van der Waals surface area contributed by atoms with Crippen molar-refractivity contribution >= 4 is 5.91 Å². The molecule has 0 N–H and O–H groups in total. The number of nitrogens with zero attached hydrogens (tertiary/aromatic N) is 5. The molecule has 3 aromatic rings. The van der Waals surface area contributed by atoms with Crippen LogP contribution in [0.2, 0.25) is 0 Å². The highest BCUT2D eigenvalue weighted by Crippen LogP contribution is 2.18. The Bertz CT molecular complexity index is 895. The van der Waals surface area contributed by atoms with Crippen molar-refractivity contribution in [3.8, 4) is 11.4 Å². The summed E-state index contributed by atoms with van der Waals surface area (Å²) in [6.45, 7) is 1.83. The summed E-state index contributed by atoms with van der Waals surface area (Å²) in [5.41, 5.74) is 2.25. The smallest absolute Gasteiger partial charge is 0.256 e. The first-order chi connectivity index (χ1) is 13.8. The third kappa shape index (κ3) is 4.37. The maximum Gasteiger partial charge on any atom is 0.256 e. The number of amides is 1. The Hall–Kier alpha value is -3.19. The molecule has 1 aliphatic rings. The number of pyridine rings is 2. The lowest BCUT2D eigenvalue weighted by atomic mass is 10.1. The number of hydrogen-bond acceptors (Lipinski definition) is 6. The van der Waals surface area contributed by atoms with Crippen molar-refractivity contribution in [3.63, 3.8) is 0 Å². The van der Waals surface area contributed by atoms with Gasteiger partial charge in [0.05, 0.1) is 24.0 Å². The average Bonchev–Trinajstić information content (AvgIpc) is 2.79. The predicted octanol–water partition coefficient (Wildman–Crippen LogP) is 2.76. The lowest BCUT2D eigenvalue weighted by Gasteiger charge is -2.31. The highest BCUT2D eigenvalue weighted by Gasteiger charge is 2.24. The molecule has 0 radical (unpaired) electrons. The molecule has 4 rings (SSSR count). The predicted molar refractivity (Wildman–Crippen MR) is 103 cm³/mol. The molecule has 1 aliphatic heterocycles. The van der Waals surface area contributed by atoms with E-state index in [0.29, 0.717) is 31.1 Å². The fourth-order valence-corrected chi connectivity index (χ4v) is 3.18. The first kappa shape index (κ1) is 18.2. The number of aromatic nitrogens is 4. The molecule has 0 aliphatic carbocycles. The fraction of sp³-hybridized carbons (Fsp3) is 0.286. The van der Waals surface area contributed by atoms with Crippen LogP contribution >= 0.6 is 0 Å². The van der Waals surface area contributed by atoms with Gasteiger partial charge in [-0.05, 0) is 37.1 Å². The Morgan fingerprint density at radius 1 is 1.00 bits per heavy atom. The normalized spacial score (nSPS) is 14.8. The Labute approximate surface area is 163 Å². The van der Waals surface area contributed by atoms with Gasteiger partial charge in [-0.15, -0.1) is 0 Å². The molecule has 0 aromatic carbocycles. The standard InChI is InChI=1S/C21H21N5O2/c27-21(17-13-24-20(25-14-17)16-4-3-8-22-12-16)26-10-6-19(7-11-26)28-15-18-5-1-2-9-23-18/h1-5,8-9,12-14,19H,6-7,10-11,15H2. The van der Waals surface area contributed by atoms with Gasteiger partial charge >= 0.3 is 0 Å². The summed E-state index contributed by atoms with van der Waals surface area (Å²) in [6, 6.07) is 9.51. The first-order valence-corrected chi connectivity index (χ1v) is 9.33. The number of carbonyl (C=O) groups is 1. The molecule has 0 spiro atoms. The zero-order chi connectivity index (χ0) is 19.2. The molecule has 7 heteroatoms. The molecule has 4 heterocycles. The Morgan fingerprint density at radius 2 is 1.82 bits per heavy atom. The van der Waals surface area contributed by atoms with Gasteiger partial charge in [0.2, 0.25) is 0 Å². The molecule has 1 fully saturated rings. The van der Waals surface area contributed by atoms with Crippen molar-refractivity contribution in [1.82, 2.24) is 24.8 Å². The molecule has 0 atom stereocenters. The number of rotatable bonds is 5. The molecule has 0 bridgehead atoms. The lowest BCUT2D eigenvalue weighted by molar-refractivity contribution is -0.00162. The van der Waals surface area contributed by atoms with Crippen LogP contribution < -0.4 is 0 Å². The molecule has 142 valence electrons. The summed E-state index contributed by atoms with van der Waals surface area (Å²) in [5.74, 6) is 0.521. The summed E-state index contributed by atoms with van der Waals surface area (Å²) in [4.78, 5) is 31.5. The van der Waals surface area contributed by atoms with Gasteiger partial charge in [0.15, 0.2) is 5.82 Å². The van der Waals surface area contributed by atoms with Crippen LogP contribution in [0.4, 0.5) is 0 Å². The van der Waals surface area contributed by atoms with E-state index in [4.69, 9.17) is 4.74 Å². The monoisotopic (exact) mass is 375 g/mol. The van der Waals surface area contributed by atoms with Gasteiger partial charge in [-0.25, -0.2) is 9.97 Å². The van der Waals surface area contributed by atoms with Crippen LogP contribution in [0.15, 0.2) is 61.3 Å². The topological polar surface area (TPSA) is 81.1 Å². The van der Waals surface area contributed by atoms with Crippen molar-refractivity contribution in [2.24, 2.45) is 0 Å². The molecule has 1 saturated heterocycles. The van der Waals surface area contributed by atoms with Crippen molar-refractivity contribution in [3.05, 3.63) is 72.6 Å². The van der Waals surface area contributed by atoms with Gasteiger partial charge in [0.1, 0.15) is 0 Å². The number of ether oxygens (including phenoxy) is 1. The van der Waals surface area contributed by atoms with E-state index in [0.717, 1.165) is 24.1 Å². The molecule has 0 unspecified atom stereocenters. The Kier molecular flexibility index (Phi) is 5.63. The zero-order valence-corrected chi connectivity index (χ0v) is 15.4. The zero-order valence-electron chi connectivity index (χ0n) is 15.4. The van der Waals surface area contributed by atoms with Crippen molar-refractivity contribution in [1.29, 1.82) is 0 Å². The Morgan fingerprint density at radius 3 is 2.50 bits per heavy atom. The summed E-state index contributed by atoms with van der Waals surface area (Å²) in [6.07, 6.45) is 10.1. The summed E-state index contributed by atoms with van der Waals surface area (Å²) in [7, 11) is 0. The van der Waals surface area contributed by atoms with Crippen LogP contribution in [0.5, 0.6) is 0 Å². The second kappa shape index (κ2) is 8.67. The highest BCUT2D eigenvalue weighted by atomic mass is 16.5. The van der Waals surface area contributed by atoms with E-state index in [2.05, 4.69) is 19.9 Å². The van der Waals surface area contributed by atoms with E-state index in [9.17, 15) is 4.79 Å². The van der Waals surface area contributed by atoms with Gasteiger partial charge in [-0.1, -0.05) is 6.07 Å². The summed E-state index contributed by atoms with van der Waals surface area (Å²) < 4.78 is 5.94. The van der Waals surface area contributed by atoms with Crippen LogP contribution in [-0.4, -0.2) is 49.9 Å². The van der Waals surface area contributed by atoms with Crippen LogP contribution in [0.3, 0.4) is 0 Å². The van der Waals surface area contributed by atoms with E-state index >= 15 is 0 Å². The number of hydrogen-bond donors (Lipinski definition) is 0.